The van der Waals surface area contributed by atoms with E-state index in [2.05, 4.69) is 5.32 Å². The zero-order valence-corrected chi connectivity index (χ0v) is 19.2. The molecule has 1 atom stereocenters. The number of nitrogens with one attached hydrogen (secondary N) is 1. The van der Waals surface area contributed by atoms with Gasteiger partial charge in [0.2, 0.25) is 11.7 Å². The molecule has 3 aromatic carbocycles. The summed E-state index contributed by atoms with van der Waals surface area (Å²) in [5.41, 5.74) is 3.59. The maximum atomic E-state index is 13.2. The molecule has 0 aliphatic heterocycles. The first kappa shape index (κ1) is 22.2. The van der Waals surface area contributed by atoms with Gasteiger partial charge in [-0.15, -0.1) is 0 Å². The second-order valence-corrected chi connectivity index (χ2v) is 7.64. The number of aromatic nitrogens is 2. The number of imidazole rings is 1. The fraction of sp³-hybridized carbons (Fsp3) is 0.231. The molecule has 0 aliphatic carbocycles. The van der Waals surface area contributed by atoms with Crippen LogP contribution in [0.25, 0.3) is 11.0 Å². The summed E-state index contributed by atoms with van der Waals surface area (Å²) in [6.45, 7) is 0. The minimum absolute atomic E-state index is 0.143. The van der Waals surface area contributed by atoms with E-state index < -0.39 is 6.04 Å². The second kappa shape index (κ2) is 9.65. The quantitative estimate of drug-likeness (QED) is 0.443. The van der Waals surface area contributed by atoms with Crippen molar-refractivity contribution in [2.45, 2.75) is 12.5 Å². The molecule has 7 heteroatoms. The lowest BCUT2D eigenvalue weighted by molar-refractivity contribution is -0.121. The number of hydrogen-bond donors (Lipinski definition) is 1. The van der Waals surface area contributed by atoms with Crippen LogP contribution in [-0.2, 0) is 18.3 Å². The van der Waals surface area contributed by atoms with Gasteiger partial charge in [0.1, 0.15) is 11.9 Å². The van der Waals surface area contributed by atoms with Crippen molar-refractivity contribution < 1.29 is 19.0 Å². The Morgan fingerprint density at radius 3 is 2.18 bits per heavy atom. The molecule has 0 saturated heterocycles. The molecular formula is C26H27N3O4. The summed E-state index contributed by atoms with van der Waals surface area (Å²) in [6.07, 6.45) is 0.143. The maximum Gasteiger partial charge on any atom is 0.225 e. The number of para-hydroxylation sites is 2. The molecular weight excluding hydrogens is 418 g/mol. The van der Waals surface area contributed by atoms with E-state index in [4.69, 9.17) is 19.2 Å². The summed E-state index contributed by atoms with van der Waals surface area (Å²) in [6, 6.07) is 20.9. The smallest absolute Gasteiger partial charge is 0.225 e. The molecule has 4 aromatic rings. The number of fused-ring (bicyclic) bond motifs is 1. The van der Waals surface area contributed by atoms with Gasteiger partial charge in [-0.05, 0) is 35.4 Å². The van der Waals surface area contributed by atoms with Gasteiger partial charge in [0.05, 0.1) is 38.8 Å². The minimum Gasteiger partial charge on any atom is -0.493 e. The molecule has 0 saturated carbocycles. The third-order valence-electron chi connectivity index (χ3n) is 5.61. The summed E-state index contributed by atoms with van der Waals surface area (Å²) in [5.74, 6) is 2.13. The second-order valence-electron chi connectivity index (χ2n) is 7.64. The Morgan fingerprint density at radius 1 is 0.939 bits per heavy atom. The van der Waals surface area contributed by atoms with Crippen LogP contribution in [0.15, 0.2) is 66.7 Å². The lowest BCUT2D eigenvalue weighted by Crippen LogP contribution is -2.32. The van der Waals surface area contributed by atoms with E-state index in [9.17, 15) is 4.79 Å². The van der Waals surface area contributed by atoms with E-state index in [0.717, 1.165) is 28.0 Å². The van der Waals surface area contributed by atoms with Gasteiger partial charge >= 0.3 is 0 Å². The van der Waals surface area contributed by atoms with E-state index in [1.54, 1.807) is 33.5 Å². The van der Waals surface area contributed by atoms with Crippen LogP contribution in [-0.4, -0.2) is 36.8 Å². The summed E-state index contributed by atoms with van der Waals surface area (Å²) in [7, 11) is 6.62. The lowest BCUT2D eigenvalue weighted by atomic mass is 10.0. The minimum atomic E-state index is -0.405. The standard InChI is InChI=1S/C26H27N3O4/c1-29-20-13-9-8-12-19(20)27-26(29)24(18-10-6-5-7-11-18)28-23(30)16-17-14-21(31-2)25(33-4)22(15-17)32-3/h5-15,24H,16H2,1-4H3,(H,28,30). The molecule has 1 aromatic heterocycles. The number of aryl methyl sites for hydroxylation is 1. The fourth-order valence-corrected chi connectivity index (χ4v) is 4.00. The Hall–Kier alpha value is -4.00. The third kappa shape index (κ3) is 4.48. The van der Waals surface area contributed by atoms with Gasteiger partial charge in [-0.3, -0.25) is 4.79 Å². The molecule has 0 aliphatic rings. The SMILES string of the molecule is COc1cc(CC(=O)NC(c2ccccc2)c2nc3ccccc3n2C)cc(OC)c1OC. The molecule has 1 unspecified atom stereocenters. The predicted octanol–water partition coefficient (Wildman–Crippen LogP) is 4.05. The number of carbonyl (C=O) groups excluding carboxylic acids is 1. The van der Waals surface area contributed by atoms with Crippen LogP contribution in [0, 0.1) is 0 Å². The predicted molar refractivity (Wildman–Crippen MR) is 127 cm³/mol. The molecule has 170 valence electrons. The van der Waals surface area contributed by atoms with E-state index in [1.165, 1.54) is 0 Å². The first-order valence-corrected chi connectivity index (χ1v) is 10.6. The van der Waals surface area contributed by atoms with Crippen molar-refractivity contribution >= 4 is 16.9 Å². The molecule has 33 heavy (non-hydrogen) atoms. The Labute approximate surface area is 192 Å². The van der Waals surface area contributed by atoms with Crippen molar-refractivity contribution in [3.8, 4) is 17.2 Å². The van der Waals surface area contributed by atoms with Crippen LogP contribution in [0.3, 0.4) is 0 Å². The zero-order valence-electron chi connectivity index (χ0n) is 19.2. The molecule has 1 heterocycles. The van der Waals surface area contributed by atoms with Crippen molar-refractivity contribution in [2.75, 3.05) is 21.3 Å². The van der Waals surface area contributed by atoms with Crippen LogP contribution in [0.4, 0.5) is 0 Å². The van der Waals surface area contributed by atoms with Crippen molar-refractivity contribution in [1.82, 2.24) is 14.9 Å². The van der Waals surface area contributed by atoms with Gasteiger partial charge in [-0.2, -0.15) is 0 Å². The number of rotatable bonds is 8. The van der Waals surface area contributed by atoms with Crippen molar-refractivity contribution in [2.24, 2.45) is 7.05 Å². The van der Waals surface area contributed by atoms with Gasteiger partial charge in [-0.25, -0.2) is 4.98 Å². The molecule has 4 rings (SSSR count). The Kier molecular flexibility index (Phi) is 6.49. The highest BCUT2D eigenvalue weighted by molar-refractivity contribution is 5.81. The van der Waals surface area contributed by atoms with Gasteiger partial charge in [0.15, 0.2) is 11.5 Å². The monoisotopic (exact) mass is 445 g/mol. The highest BCUT2D eigenvalue weighted by atomic mass is 16.5. The van der Waals surface area contributed by atoms with Gasteiger partial charge in [0, 0.05) is 7.05 Å². The van der Waals surface area contributed by atoms with E-state index in [-0.39, 0.29) is 12.3 Å². The van der Waals surface area contributed by atoms with E-state index in [1.807, 2.05) is 66.2 Å². The van der Waals surface area contributed by atoms with E-state index >= 15 is 0 Å². The topological polar surface area (TPSA) is 74.6 Å². The summed E-state index contributed by atoms with van der Waals surface area (Å²) in [5, 5.41) is 3.17. The first-order valence-electron chi connectivity index (χ1n) is 10.6. The Balaban J connectivity index is 1.66. The maximum absolute atomic E-state index is 13.2. The van der Waals surface area contributed by atoms with Crippen LogP contribution in [0.5, 0.6) is 17.2 Å². The average molecular weight is 446 g/mol. The number of ether oxygens (including phenoxy) is 3. The van der Waals surface area contributed by atoms with Gasteiger partial charge in [-0.1, -0.05) is 42.5 Å². The number of carbonyl (C=O) groups is 1. The molecule has 0 radical (unpaired) electrons. The number of methoxy groups -OCH3 is 3. The summed E-state index contributed by atoms with van der Waals surface area (Å²) >= 11 is 0. The third-order valence-corrected chi connectivity index (χ3v) is 5.61. The van der Waals surface area contributed by atoms with Gasteiger partial charge < -0.3 is 24.1 Å². The average Bonchev–Trinajstić information content (AvgIpc) is 3.18. The number of benzene rings is 3. The van der Waals surface area contributed by atoms with Crippen molar-refractivity contribution in [1.29, 1.82) is 0 Å². The Morgan fingerprint density at radius 2 is 1.58 bits per heavy atom. The largest absolute Gasteiger partial charge is 0.493 e. The molecule has 0 bridgehead atoms. The van der Waals surface area contributed by atoms with Gasteiger partial charge in [0.25, 0.3) is 0 Å². The first-order chi connectivity index (χ1) is 16.0. The van der Waals surface area contributed by atoms with Crippen LogP contribution < -0.4 is 19.5 Å². The Bertz CT molecular complexity index is 1240. The number of amides is 1. The summed E-state index contributed by atoms with van der Waals surface area (Å²) in [4.78, 5) is 18.0. The highest BCUT2D eigenvalue weighted by Gasteiger charge is 2.23. The molecule has 0 fully saturated rings. The molecule has 7 nitrogen and oxygen atoms in total. The van der Waals surface area contributed by atoms with Crippen molar-refractivity contribution in [3.05, 3.63) is 83.7 Å². The fourth-order valence-electron chi connectivity index (χ4n) is 4.00. The number of nitrogens with zero attached hydrogens (tertiary/aromatic N) is 2. The van der Waals surface area contributed by atoms with Crippen LogP contribution in [0.1, 0.15) is 23.0 Å². The summed E-state index contributed by atoms with van der Waals surface area (Å²) < 4.78 is 18.2. The molecule has 1 amide bonds. The zero-order chi connectivity index (χ0) is 23.4. The molecule has 1 N–H and O–H groups in total. The van der Waals surface area contributed by atoms with Crippen molar-refractivity contribution in [3.63, 3.8) is 0 Å². The van der Waals surface area contributed by atoms with Crippen LogP contribution >= 0.6 is 0 Å². The lowest BCUT2D eigenvalue weighted by Gasteiger charge is -2.20. The highest BCUT2D eigenvalue weighted by Crippen LogP contribution is 2.38. The van der Waals surface area contributed by atoms with E-state index in [0.29, 0.717) is 17.2 Å². The molecule has 0 spiro atoms. The number of hydrogen-bond acceptors (Lipinski definition) is 5. The normalized spacial score (nSPS) is 11.8. The van der Waals surface area contributed by atoms with Crippen LogP contribution in [0.2, 0.25) is 0 Å².